The number of benzene rings is 1. The number of aromatic nitrogens is 2. The first-order chi connectivity index (χ1) is 10.6. The Hall–Kier alpha value is -2.43. The molecule has 1 aliphatic heterocycles. The van der Waals surface area contributed by atoms with Crippen molar-refractivity contribution in [2.45, 2.75) is 19.8 Å². The maximum absolute atomic E-state index is 12.7. The zero-order valence-electron chi connectivity index (χ0n) is 13.0. The quantitative estimate of drug-likeness (QED) is 0.873. The fraction of sp³-hybridized carbons (Fsp3) is 0.353. The van der Waals surface area contributed by atoms with E-state index in [4.69, 9.17) is 0 Å². The maximum Gasteiger partial charge on any atom is 0.276 e. The summed E-state index contributed by atoms with van der Waals surface area (Å²) in [6, 6.07) is 11.4. The predicted octanol–water partition coefficient (Wildman–Crippen LogP) is 2.66. The summed E-state index contributed by atoms with van der Waals surface area (Å²) in [5.41, 5.74) is 1.30. The van der Waals surface area contributed by atoms with Gasteiger partial charge in [0.05, 0.1) is 0 Å². The van der Waals surface area contributed by atoms with Crippen LogP contribution in [0.25, 0.3) is 0 Å². The van der Waals surface area contributed by atoms with Gasteiger partial charge in [0, 0.05) is 31.9 Å². The molecule has 22 heavy (non-hydrogen) atoms. The molecule has 1 aromatic heterocycles. The van der Waals surface area contributed by atoms with Gasteiger partial charge in [-0.25, -0.2) is 9.97 Å². The molecule has 1 aromatic carbocycles. The van der Waals surface area contributed by atoms with Gasteiger partial charge in [-0.1, -0.05) is 18.2 Å². The van der Waals surface area contributed by atoms with Gasteiger partial charge in [0.25, 0.3) is 5.91 Å². The van der Waals surface area contributed by atoms with E-state index in [1.165, 1.54) is 12.8 Å². The minimum Gasteiger partial charge on any atom is -0.356 e. The van der Waals surface area contributed by atoms with Crippen LogP contribution in [0.15, 0.2) is 36.4 Å². The molecular formula is C17H20N4O. The van der Waals surface area contributed by atoms with Crippen molar-refractivity contribution in [2.75, 3.05) is 29.9 Å². The molecule has 0 unspecified atom stereocenters. The van der Waals surface area contributed by atoms with Crippen LogP contribution in [0.3, 0.4) is 0 Å². The first kappa shape index (κ1) is 14.5. The Morgan fingerprint density at radius 2 is 1.82 bits per heavy atom. The molecule has 0 bridgehead atoms. The molecule has 3 rings (SSSR count). The Kier molecular flexibility index (Phi) is 4.04. The molecule has 5 nitrogen and oxygen atoms in total. The van der Waals surface area contributed by atoms with E-state index in [0.717, 1.165) is 24.6 Å². The molecule has 2 heterocycles. The molecule has 114 valence electrons. The number of carbonyl (C=O) groups excluding carboxylic acids is 1. The number of amides is 1. The zero-order chi connectivity index (χ0) is 15.5. The molecule has 1 fully saturated rings. The summed E-state index contributed by atoms with van der Waals surface area (Å²) in [6.45, 7) is 3.83. The molecule has 1 amide bonds. The van der Waals surface area contributed by atoms with Gasteiger partial charge in [0.1, 0.15) is 17.3 Å². The van der Waals surface area contributed by atoms with Gasteiger partial charge in [0.2, 0.25) is 0 Å². The number of carbonyl (C=O) groups is 1. The summed E-state index contributed by atoms with van der Waals surface area (Å²) in [7, 11) is 1.77. The van der Waals surface area contributed by atoms with Crippen LogP contribution in [0.5, 0.6) is 0 Å². The van der Waals surface area contributed by atoms with E-state index in [0.29, 0.717) is 11.5 Å². The highest BCUT2D eigenvalue weighted by molar-refractivity contribution is 6.04. The van der Waals surface area contributed by atoms with Crippen molar-refractivity contribution in [3.63, 3.8) is 0 Å². The fourth-order valence-electron chi connectivity index (χ4n) is 2.71. The summed E-state index contributed by atoms with van der Waals surface area (Å²) >= 11 is 0. The Bertz CT molecular complexity index is 666. The summed E-state index contributed by atoms with van der Waals surface area (Å²) < 4.78 is 0. The highest BCUT2D eigenvalue weighted by Gasteiger charge is 2.20. The Morgan fingerprint density at radius 1 is 1.14 bits per heavy atom. The Labute approximate surface area is 130 Å². The third kappa shape index (κ3) is 2.93. The SMILES string of the molecule is Cc1nc(C(=O)N(C)c2ccccc2)cc(N2CCCC2)n1. The van der Waals surface area contributed by atoms with Crippen LogP contribution in [0, 0.1) is 6.92 Å². The molecule has 0 aliphatic carbocycles. The normalized spacial score (nSPS) is 14.2. The first-order valence-electron chi connectivity index (χ1n) is 7.59. The zero-order valence-corrected chi connectivity index (χ0v) is 13.0. The number of para-hydroxylation sites is 1. The summed E-state index contributed by atoms with van der Waals surface area (Å²) in [5, 5.41) is 0. The smallest absolute Gasteiger partial charge is 0.276 e. The van der Waals surface area contributed by atoms with Crippen molar-refractivity contribution in [1.82, 2.24) is 9.97 Å². The lowest BCUT2D eigenvalue weighted by Gasteiger charge is -2.20. The van der Waals surface area contributed by atoms with Crippen molar-refractivity contribution in [3.8, 4) is 0 Å². The van der Waals surface area contributed by atoms with Crippen molar-refractivity contribution in [1.29, 1.82) is 0 Å². The molecule has 1 saturated heterocycles. The molecule has 0 saturated carbocycles. The Morgan fingerprint density at radius 3 is 2.50 bits per heavy atom. The third-order valence-corrected chi connectivity index (χ3v) is 3.92. The van der Waals surface area contributed by atoms with Crippen LogP contribution in [0.1, 0.15) is 29.2 Å². The number of hydrogen-bond donors (Lipinski definition) is 0. The van der Waals surface area contributed by atoms with Gasteiger partial charge in [-0.2, -0.15) is 0 Å². The number of nitrogens with zero attached hydrogens (tertiary/aromatic N) is 4. The lowest BCUT2D eigenvalue weighted by atomic mass is 10.2. The minimum atomic E-state index is -0.114. The monoisotopic (exact) mass is 296 g/mol. The van der Waals surface area contributed by atoms with Crippen molar-refractivity contribution in [3.05, 3.63) is 47.9 Å². The molecule has 0 radical (unpaired) electrons. The van der Waals surface area contributed by atoms with E-state index in [1.807, 2.05) is 37.3 Å². The van der Waals surface area contributed by atoms with E-state index in [1.54, 1.807) is 18.0 Å². The number of hydrogen-bond acceptors (Lipinski definition) is 4. The molecule has 5 heteroatoms. The van der Waals surface area contributed by atoms with Crippen LogP contribution in [0.4, 0.5) is 11.5 Å². The van der Waals surface area contributed by atoms with Crippen LogP contribution < -0.4 is 9.80 Å². The summed E-state index contributed by atoms with van der Waals surface area (Å²) in [4.78, 5) is 25.3. The lowest BCUT2D eigenvalue weighted by Crippen LogP contribution is -2.28. The maximum atomic E-state index is 12.7. The topological polar surface area (TPSA) is 49.3 Å². The fourth-order valence-corrected chi connectivity index (χ4v) is 2.71. The van der Waals surface area contributed by atoms with E-state index in [9.17, 15) is 4.79 Å². The minimum absolute atomic E-state index is 0.114. The van der Waals surface area contributed by atoms with Gasteiger partial charge in [-0.15, -0.1) is 0 Å². The third-order valence-electron chi connectivity index (χ3n) is 3.92. The number of anilines is 2. The van der Waals surface area contributed by atoms with Crippen molar-refractivity contribution in [2.24, 2.45) is 0 Å². The van der Waals surface area contributed by atoms with Gasteiger partial charge in [-0.05, 0) is 31.9 Å². The van der Waals surface area contributed by atoms with E-state index < -0.39 is 0 Å². The number of aryl methyl sites for hydroxylation is 1. The van der Waals surface area contributed by atoms with Crippen molar-refractivity contribution < 1.29 is 4.79 Å². The van der Waals surface area contributed by atoms with Crippen LogP contribution in [-0.2, 0) is 0 Å². The lowest BCUT2D eigenvalue weighted by molar-refractivity contribution is 0.0988. The molecule has 2 aromatic rings. The summed E-state index contributed by atoms with van der Waals surface area (Å²) in [6.07, 6.45) is 2.35. The van der Waals surface area contributed by atoms with E-state index in [2.05, 4.69) is 14.9 Å². The average Bonchev–Trinajstić information content (AvgIpc) is 3.08. The second-order valence-corrected chi connectivity index (χ2v) is 5.55. The predicted molar refractivity (Wildman–Crippen MR) is 87.4 cm³/mol. The van der Waals surface area contributed by atoms with Crippen LogP contribution in [0.2, 0.25) is 0 Å². The standard InChI is InChI=1S/C17H20N4O/c1-13-18-15(12-16(19-13)21-10-6-7-11-21)17(22)20(2)14-8-4-3-5-9-14/h3-5,8-9,12H,6-7,10-11H2,1-2H3. The van der Waals surface area contributed by atoms with Crippen LogP contribution >= 0.6 is 0 Å². The highest BCUT2D eigenvalue weighted by Crippen LogP contribution is 2.20. The second-order valence-electron chi connectivity index (χ2n) is 5.55. The largest absolute Gasteiger partial charge is 0.356 e. The molecule has 1 aliphatic rings. The average molecular weight is 296 g/mol. The Balaban J connectivity index is 1.89. The van der Waals surface area contributed by atoms with E-state index in [-0.39, 0.29) is 5.91 Å². The van der Waals surface area contributed by atoms with E-state index >= 15 is 0 Å². The van der Waals surface area contributed by atoms with Gasteiger partial charge < -0.3 is 9.80 Å². The van der Waals surface area contributed by atoms with Crippen molar-refractivity contribution >= 4 is 17.4 Å². The number of rotatable bonds is 3. The molecule has 0 atom stereocenters. The highest BCUT2D eigenvalue weighted by atomic mass is 16.2. The first-order valence-corrected chi connectivity index (χ1v) is 7.59. The van der Waals surface area contributed by atoms with Crippen LogP contribution in [-0.4, -0.2) is 36.0 Å². The molecular weight excluding hydrogens is 276 g/mol. The van der Waals surface area contributed by atoms with Gasteiger partial charge >= 0.3 is 0 Å². The molecule has 0 spiro atoms. The molecule has 0 N–H and O–H groups in total. The second kappa shape index (κ2) is 6.13. The van der Waals surface area contributed by atoms with Gasteiger partial charge in [-0.3, -0.25) is 4.79 Å². The van der Waals surface area contributed by atoms with Gasteiger partial charge in [0.15, 0.2) is 0 Å². The summed E-state index contributed by atoms with van der Waals surface area (Å²) in [5.74, 6) is 1.38.